The fraction of sp³-hybridized carbons (Fsp3) is 0.273. The molecule has 0 aliphatic heterocycles. The molecule has 1 amide bonds. The topological polar surface area (TPSA) is 72.7 Å². The van der Waals surface area contributed by atoms with Gasteiger partial charge in [-0.1, -0.05) is 11.6 Å². The summed E-state index contributed by atoms with van der Waals surface area (Å²) in [5.74, 6) is -0.268. The highest BCUT2D eigenvalue weighted by atomic mass is 35.5. The second-order valence-corrected chi connectivity index (χ2v) is 4.02. The maximum Gasteiger partial charge on any atom is 0.271 e. The summed E-state index contributed by atoms with van der Waals surface area (Å²) in [6, 6.07) is 0. The predicted octanol–water partition coefficient (Wildman–Crippen LogP) is 1.15. The molecule has 2 rings (SSSR count). The number of nitrogens with one attached hydrogen (secondary N) is 1. The van der Waals surface area contributed by atoms with Gasteiger partial charge in [-0.2, -0.15) is 0 Å². The lowest BCUT2D eigenvalue weighted by Gasteiger charge is -2.05. The molecule has 1 N–H and O–H groups in total. The Morgan fingerprint density at radius 2 is 2.28 bits per heavy atom. The van der Waals surface area contributed by atoms with E-state index >= 15 is 0 Å². The molecule has 2 aromatic heterocycles. The zero-order valence-corrected chi connectivity index (χ0v) is 10.3. The molecular formula is C11H12ClN5O. The molecule has 94 valence electrons. The van der Waals surface area contributed by atoms with E-state index in [0.717, 1.165) is 13.0 Å². The molecule has 0 fully saturated rings. The summed E-state index contributed by atoms with van der Waals surface area (Å²) in [6.45, 7) is 1.37. The van der Waals surface area contributed by atoms with Crippen LogP contribution in [0.1, 0.15) is 16.9 Å². The molecule has 18 heavy (non-hydrogen) atoms. The number of nitrogens with zero attached hydrogens (tertiary/aromatic N) is 4. The number of carbonyl (C=O) groups excluding carboxylic acids is 1. The van der Waals surface area contributed by atoms with Crippen molar-refractivity contribution >= 4 is 17.5 Å². The van der Waals surface area contributed by atoms with Gasteiger partial charge in [-0.05, 0) is 6.42 Å². The van der Waals surface area contributed by atoms with Crippen molar-refractivity contribution in [2.75, 3.05) is 6.54 Å². The van der Waals surface area contributed by atoms with Crippen molar-refractivity contribution in [2.45, 2.75) is 13.0 Å². The maximum absolute atomic E-state index is 11.7. The minimum Gasteiger partial charge on any atom is -0.351 e. The van der Waals surface area contributed by atoms with Crippen LogP contribution in [-0.2, 0) is 6.54 Å². The van der Waals surface area contributed by atoms with Crippen molar-refractivity contribution in [3.05, 3.63) is 42.0 Å². The van der Waals surface area contributed by atoms with Gasteiger partial charge >= 0.3 is 0 Å². The summed E-state index contributed by atoms with van der Waals surface area (Å²) < 4.78 is 1.95. The van der Waals surface area contributed by atoms with Crippen molar-refractivity contribution in [1.29, 1.82) is 0 Å². The van der Waals surface area contributed by atoms with E-state index in [4.69, 9.17) is 11.6 Å². The van der Waals surface area contributed by atoms with Crippen LogP contribution in [0.3, 0.4) is 0 Å². The van der Waals surface area contributed by atoms with Gasteiger partial charge in [0.1, 0.15) is 10.8 Å². The Morgan fingerprint density at radius 1 is 1.39 bits per heavy atom. The molecule has 0 atom stereocenters. The number of rotatable bonds is 5. The molecular weight excluding hydrogens is 254 g/mol. The van der Waals surface area contributed by atoms with E-state index in [2.05, 4.69) is 20.3 Å². The minimum atomic E-state index is -0.268. The van der Waals surface area contributed by atoms with Gasteiger partial charge in [-0.3, -0.25) is 9.78 Å². The third kappa shape index (κ3) is 3.53. The van der Waals surface area contributed by atoms with Crippen LogP contribution in [0.5, 0.6) is 0 Å². The zero-order chi connectivity index (χ0) is 12.8. The molecule has 0 bridgehead atoms. The van der Waals surface area contributed by atoms with Gasteiger partial charge < -0.3 is 9.88 Å². The van der Waals surface area contributed by atoms with Crippen LogP contribution in [0, 0.1) is 0 Å². The highest BCUT2D eigenvalue weighted by molar-refractivity contribution is 6.29. The normalized spacial score (nSPS) is 10.3. The molecule has 0 radical (unpaired) electrons. The van der Waals surface area contributed by atoms with E-state index < -0.39 is 0 Å². The Hall–Kier alpha value is -1.95. The minimum absolute atomic E-state index is 0.209. The molecule has 0 aromatic carbocycles. The average Bonchev–Trinajstić information content (AvgIpc) is 2.87. The van der Waals surface area contributed by atoms with Crippen molar-refractivity contribution in [2.24, 2.45) is 0 Å². The maximum atomic E-state index is 11.7. The number of aryl methyl sites for hydroxylation is 1. The molecule has 0 spiro atoms. The number of hydrogen-bond acceptors (Lipinski definition) is 4. The van der Waals surface area contributed by atoms with E-state index in [1.54, 1.807) is 12.5 Å². The number of carbonyl (C=O) groups is 1. The molecule has 0 saturated carbocycles. The van der Waals surface area contributed by atoms with E-state index in [9.17, 15) is 4.79 Å². The molecule has 6 nitrogen and oxygen atoms in total. The van der Waals surface area contributed by atoms with Crippen LogP contribution >= 0.6 is 11.6 Å². The first-order valence-corrected chi connectivity index (χ1v) is 5.85. The van der Waals surface area contributed by atoms with Crippen molar-refractivity contribution in [1.82, 2.24) is 24.8 Å². The quantitative estimate of drug-likeness (QED) is 0.823. The number of imidazole rings is 1. The van der Waals surface area contributed by atoms with Crippen molar-refractivity contribution in [3.63, 3.8) is 0 Å². The second kappa shape index (κ2) is 6.11. The monoisotopic (exact) mass is 265 g/mol. The van der Waals surface area contributed by atoms with Crippen molar-refractivity contribution in [3.8, 4) is 0 Å². The van der Waals surface area contributed by atoms with E-state index in [0.29, 0.717) is 6.54 Å². The summed E-state index contributed by atoms with van der Waals surface area (Å²) in [6.07, 6.45) is 8.93. The highest BCUT2D eigenvalue weighted by Crippen LogP contribution is 2.02. The first-order chi connectivity index (χ1) is 8.75. The Kier molecular flexibility index (Phi) is 4.25. The smallest absolute Gasteiger partial charge is 0.271 e. The Bertz CT molecular complexity index is 514. The molecule has 0 saturated heterocycles. The Balaban J connectivity index is 1.75. The molecule has 2 heterocycles. The van der Waals surface area contributed by atoms with Gasteiger partial charge in [0.05, 0.1) is 18.7 Å². The third-order valence-corrected chi connectivity index (χ3v) is 2.46. The van der Waals surface area contributed by atoms with Gasteiger partial charge in [0, 0.05) is 25.5 Å². The SMILES string of the molecule is O=C(NCCCn1ccnc1)c1cncc(Cl)n1. The largest absolute Gasteiger partial charge is 0.351 e. The van der Waals surface area contributed by atoms with Crippen LogP contribution < -0.4 is 5.32 Å². The van der Waals surface area contributed by atoms with E-state index in [-0.39, 0.29) is 16.8 Å². The summed E-state index contributed by atoms with van der Waals surface area (Å²) >= 11 is 5.65. The van der Waals surface area contributed by atoms with Gasteiger partial charge in [-0.25, -0.2) is 9.97 Å². The number of amides is 1. The summed E-state index contributed by atoms with van der Waals surface area (Å²) in [5.41, 5.74) is 0.227. The van der Waals surface area contributed by atoms with Gasteiger partial charge in [0.25, 0.3) is 5.91 Å². The summed E-state index contributed by atoms with van der Waals surface area (Å²) in [7, 11) is 0. The van der Waals surface area contributed by atoms with Crippen LogP contribution in [0.25, 0.3) is 0 Å². The predicted molar refractivity (Wildman–Crippen MR) is 66.2 cm³/mol. The van der Waals surface area contributed by atoms with Gasteiger partial charge in [0.15, 0.2) is 0 Å². The molecule has 7 heteroatoms. The van der Waals surface area contributed by atoms with Crippen molar-refractivity contribution < 1.29 is 4.79 Å². The molecule has 0 aliphatic carbocycles. The Labute approximate surface area is 109 Å². The lowest BCUT2D eigenvalue weighted by molar-refractivity contribution is 0.0947. The first-order valence-electron chi connectivity index (χ1n) is 5.47. The summed E-state index contributed by atoms with van der Waals surface area (Å²) in [4.78, 5) is 23.3. The molecule has 0 aliphatic rings. The van der Waals surface area contributed by atoms with E-state index in [1.165, 1.54) is 12.4 Å². The highest BCUT2D eigenvalue weighted by Gasteiger charge is 2.07. The third-order valence-electron chi connectivity index (χ3n) is 2.28. The second-order valence-electron chi connectivity index (χ2n) is 3.64. The average molecular weight is 266 g/mol. The first kappa shape index (κ1) is 12.5. The summed E-state index contributed by atoms with van der Waals surface area (Å²) in [5, 5.41) is 2.96. The number of hydrogen-bond donors (Lipinski definition) is 1. The lowest BCUT2D eigenvalue weighted by atomic mass is 10.3. The zero-order valence-electron chi connectivity index (χ0n) is 9.58. The van der Waals surface area contributed by atoms with Crippen LogP contribution in [0.4, 0.5) is 0 Å². The lowest BCUT2D eigenvalue weighted by Crippen LogP contribution is -2.26. The Morgan fingerprint density at radius 3 is 3.00 bits per heavy atom. The molecule has 2 aromatic rings. The van der Waals surface area contributed by atoms with Crippen LogP contribution in [0.15, 0.2) is 31.1 Å². The number of halogens is 1. The van der Waals surface area contributed by atoms with Crippen LogP contribution in [0.2, 0.25) is 5.15 Å². The van der Waals surface area contributed by atoms with Gasteiger partial charge in [0.2, 0.25) is 0 Å². The van der Waals surface area contributed by atoms with Crippen LogP contribution in [-0.4, -0.2) is 32.0 Å². The standard InChI is InChI=1S/C11H12ClN5O/c12-10-7-14-6-9(16-10)11(18)15-2-1-4-17-5-3-13-8-17/h3,5-8H,1-2,4H2,(H,15,18). The fourth-order valence-corrected chi connectivity index (χ4v) is 1.57. The van der Waals surface area contributed by atoms with Gasteiger partial charge in [-0.15, -0.1) is 0 Å². The molecule has 0 unspecified atom stereocenters. The fourth-order valence-electron chi connectivity index (χ4n) is 1.42. The number of aromatic nitrogens is 4. The van der Waals surface area contributed by atoms with E-state index in [1.807, 2.05) is 10.8 Å².